The summed E-state index contributed by atoms with van der Waals surface area (Å²) in [4.78, 5) is 0. The maximum absolute atomic E-state index is 3.30. The molecule has 0 nitrogen and oxygen atoms in total. The van der Waals surface area contributed by atoms with Gasteiger partial charge >= 0.3 is 30.2 Å². The molecule has 5 rings (SSSR count). The van der Waals surface area contributed by atoms with E-state index < -0.39 is 0 Å². The number of benzene rings is 3. The fourth-order valence-electron chi connectivity index (χ4n) is 3.30. The summed E-state index contributed by atoms with van der Waals surface area (Å²) in [5.41, 5.74) is 6.86. The van der Waals surface area contributed by atoms with E-state index >= 15 is 0 Å². The monoisotopic (exact) mass is 442 g/mol. The van der Waals surface area contributed by atoms with Crippen LogP contribution in [0.25, 0.3) is 21.9 Å². The second-order valence-corrected chi connectivity index (χ2v) is 6.06. The Bertz CT molecular complexity index is 908. The molecule has 2 radical (unpaired) electrons. The Morgan fingerprint density at radius 3 is 2.33 bits per heavy atom. The van der Waals surface area contributed by atoms with Gasteiger partial charge in [0.2, 0.25) is 0 Å². The van der Waals surface area contributed by atoms with E-state index in [0.29, 0.717) is 0 Å². The molecule has 0 heterocycles. The molecule has 0 N–H and O–H groups in total. The van der Waals surface area contributed by atoms with Crippen molar-refractivity contribution in [3.8, 4) is 11.1 Å². The first-order valence-electron chi connectivity index (χ1n) is 8.26. The van der Waals surface area contributed by atoms with Gasteiger partial charge in [-0.2, -0.15) is 35.9 Å². The van der Waals surface area contributed by atoms with Crippen molar-refractivity contribution in [2.75, 3.05) is 0 Å². The van der Waals surface area contributed by atoms with E-state index in [0.717, 1.165) is 6.42 Å². The first-order chi connectivity index (χ1) is 12.3. The van der Waals surface area contributed by atoms with Crippen molar-refractivity contribution in [3.63, 3.8) is 0 Å². The van der Waals surface area contributed by atoms with Crippen LogP contribution in [-0.4, -0.2) is 6.88 Å². The van der Waals surface area contributed by atoms with Crippen molar-refractivity contribution in [1.82, 2.24) is 0 Å². The van der Waals surface area contributed by atoms with E-state index in [1.165, 1.54) is 61.9 Å². The molecule has 1 aliphatic carbocycles. The molecule has 0 atom stereocenters. The van der Waals surface area contributed by atoms with Crippen molar-refractivity contribution in [2.45, 2.75) is 13.3 Å². The van der Waals surface area contributed by atoms with Crippen molar-refractivity contribution in [3.05, 3.63) is 116 Å². The third kappa shape index (κ3) is 5.43. The Balaban J connectivity index is 0.000000237. The normalized spacial score (nSPS) is 9.93. The maximum atomic E-state index is 3.30. The zero-order valence-corrected chi connectivity index (χ0v) is 19.7. The Hall–Kier alpha value is -1.63. The van der Waals surface area contributed by atoms with Crippen LogP contribution in [0.1, 0.15) is 16.7 Å². The Morgan fingerprint density at radius 1 is 0.889 bits per heavy atom. The molecule has 0 aromatic heterocycles. The first-order valence-corrected chi connectivity index (χ1v) is 12.4. The summed E-state index contributed by atoms with van der Waals surface area (Å²) in [5, 5.41) is 2.69. The minimum absolute atomic E-state index is 0. The average Bonchev–Trinajstić information content (AvgIpc) is 3.23. The molecule has 27 heavy (non-hydrogen) atoms. The number of hydrogen-bond donors (Lipinski definition) is 0. The Labute approximate surface area is 181 Å². The smallest absolute Gasteiger partial charge is 0.0253 e. The molecule has 0 bridgehead atoms. The molecule has 0 amide bonds. The van der Waals surface area contributed by atoms with Gasteiger partial charge in [0.25, 0.3) is 0 Å². The summed E-state index contributed by atoms with van der Waals surface area (Å²) in [6, 6.07) is 30.9. The van der Waals surface area contributed by atoms with E-state index in [2.05, 4.69) is 92.7 Å². The van der Waals surface area contributed by atoms with Crippen LogP contribution in [0, 0.1) is 27.8 Å². The topological polar surface area (TPSA) is 0 Å². The SMILES string of the molecule is Cc1cc2ccccc2[cH-]1.[CH3-].[CH3-].[Si]=[Zr].[c-]1cccc2c1Cc1ccccc1-2. The minimum Gasteiger partial charge on any atom is -0.179 e. The van der Waals surface area contributed by atoms with Gasteiger partial charge < -0.3 is 14.9 Å². The summed E-state index contributed by atoms with van der Waals surface area (Å²) in [6.45, 7) is 5.19. The van der Waals surface area contributed by atoms with E-state index in [1.54, 1.807) is 0 Å². The van der Waals surface area contributed by atoms with Gasteiger partial charge in [0.15, 0.2) is 0 Å². The number of rotatable bonds is 0. The number of aryl methyl sites for hydroxylation is 1. The first kappa shape index (κ1) is 23.4. The summed E-state index contributed by atoms with van der Waals surface area (Å²) < 4.78 is 0. The van der Waals surface area contributed by atoms with Crippen LogP contribution < -0.4 is 0 Å². The van der Waals surface area contributed by atoms with E-state index in [-0.39, 0.29) is 14.9 Å². The zero-order chi connectivity index (χ0) is 17.6. The molecule has 4 aromatic carbocycles. The summed E-state index contributed by atoms with van der Waals surface area (Å²) in [6.07, 6.45) is 1.05. The Kier molecular flexibility index (Phi) is 9.77. The van der Waals surface area contributed by atoms with Crippen LogP contribution in [0.4, 0.5) is 0 Å². The predicted octanol–water partition coefficient (Wildman–Crippen LogP) is 6.44. The van der Waals surface area contributed by atoms with Gasteiger partial charge in [-0.3, -0.25) is 0 Å². The van der Waals surface area contributed by atoms with Gasteiger partial charge in [-0.1, -0.05) is 48.4 Å². The molecular formula is C25H24SiZr-4. The molecule has 0 unspecified atom stereocenters. The molecule has 4 aromatic rings. The number of hydrogen-bond acceptors (Lipinski definition) is 0. The van der Waals surface area contributed by atoms with E-state index in [4.69, 9.17) is 0 Å². The van der Waals surface area contributed by atoms with Crippen molar-refractivity contribution < 1.29 is 23.3 Å². The summed E-state index contributed by atoms with van der Waals surface area (Å²) >= 11 is 1.36. The van der Waals surface area contributed by atoms with E-state index in [9.17, 15) is 0 Å². The maximum Gasteiger partial charge on any atom is -0.0253 e. The molecular weight excluding hydrogens is 420 g/mol. The molecule has 0 spiro atoms. The van der Waals surface area contributed by atoms with Gasteiger partial charge in [-0.25, -0.2) is 0 Å². The second kappa shape index (κ2) is 11.3. The Morgan fingerprint density at radius 2 is 1.56 bits per heavy atom. The molecule has 0 fully saturated rings. The molecule has 0 saturated heterocycles. The predicted molar refractivity (Wildman–Crippen MR) is 116 cm³/mol. The summed E-state index contributed by atoms with van der Waals surface area (Å²) in [5.74, 6) is 0. The fraction of sp³-hybridized carbons (Fsp3) is 0.0800. The quantitative estimate of drug-likeness (QED) is 0.191. The third-order valence-corrected chi connectivity index (χ3v) is 4.38. The van der Waals surface area contributed by atoms with Gasteiger partial charge in [0, 0.05) is 0 Å². The fourth-order valence-corrected chi connectivity index (χ4v) is 3.30. The van der Waals surface area contributed by atoms with Crippen LogP contribution in [0.5, 0.6) is 0 Å². The average molecular weight is 444 g/mol. The minimum atomic E-state index is 0. The zero-order valence-electron chi connectivity index (χ0n) is 16.2. The molecule has 0 aliphatic heterocycles. The molecule has 2 heteroatoms. The van der Waals surface area contributed by atoms with Gasteiger partial charge in [0.05, 0.1) is 0 Å². The molecule has 0 saturated carbocycles. The van der Waals surface area contributed by atoms with Crippen LogP contribution in [0.2, 0.25) is 0 Å². The number of fused-ring (bicyclic) bond motifs is 4. The van der Waals surface area contributed by atoms with Crippen LogP contribution in [-0.2, 0) is 29.8 Å². The van der Waals surface area contributed by atoms with Gasteiger partial charge in [0.1, 0.15) is 0 Å². The van der Waals surface area contributed by atoms with Gasteiger partial charge in [-0.05, 0) is 6.42 Å². The van der Waals surface area contributed by atoms with Crippen LogP contribution >= 0.6 is 0 Å². The van der Waals surface area contributed by atoms with Crippen molar-refractivity contribution >= 4 is 17.7 Å². The van der Waals surface area contributed by atoms with Crippen LogP contribution in [0.3, 0.4) is 0 Å². The van der Waals surface area contributed by atoms with Crippen molar-refractivity contribution in [2.24, 2.45) is 0 Å². The second-order valence-electron chi connectivity index (χ2n) is 6.06. The third-order valence-electron chi connectivity index (χ3n) is 4.38. The largest absolute Gasteiger partial charge is 0.179 e. The molecule has 136 valence electrons. The summed E-state index contributed by atoms with van der Waals surface area (Å²) in [7, 11) is 0. The van der Waals surface area contributed by atoms with Crippen LogP contribution in [0.15, 0.2) is 78.9 Å². The van der Waals surface area contributed by atoms with Gasteiger partial charge in [-0.15, -0.1) is 46.2 Å². The van der Waals surface area contributed by atoms with E-state index in [1.807, 2.05) is 6.07 Å². The molecule has 1 aliphatic rings. The van der Waals surface area contributed by atoms with Crippen molar-refractivity contribution in [1.29, 1.82) is 0 Å². The standard InChI is InChI=1S/C13H9.C10H9.2CH3.Si.Zr/c1-3-7-12-10(5-1)9-11-6-2-4-8-13(11)12;1-8-6-9-4-2-3-5-10(9)7-8;;;;/h1-5,7-8H,9H2;2-7H,1H3;2*1H3;;/q4*-1;;.